The third-order valence-corrected chi connectivity index (χ3v) is 2.96. The molecule has 0 amide bonds. The molecule has 0 aromatic heterocycles. The van der Waals surface area contributed by atoms with E-state index in [1.54, 1.807) is 0 Å². The quantitative estimate of drug-likeness (QED) is 0.765. The van der Waals surface area contributed by atoms with Gasteiger partial charge >= 0.3 is 0 Å². The van der Waals surface area contributed by atoms with Crippen molar-refractivity contribution in [3.63, 3.8) is 0 Å². The van der Waals surface area contributed by atoms with Crippen LogP contribution >= 0.6 is 0 Å². The van der Waals surface area contributed by atoms with E-state index < -0.39 is 0 Å². The Hall–Kier alpha value is -1.15. The number of hydrogen-bond acceptors (Lipinski definition) is 2. The zero-order chi connectivity index (χ0) is 12.8. The number of benzene rings is 1. The number of ketones is 1. The Kier molecular flexibility index (Phi) is 5.36. The highest BCUT2D eigenvalue weighted by Gasteiger charge is 2.15. The summed E-state index contributed by atoms with van der Waals surface area (Å²) in [6, 6.07) is 7.96. The lowest BCUT2D eigenvalue weighted by atomic mass is 9.98. The fraction of sp³-hybridized carbons (Fsp3) is 0.533. The maximum Gasteiger partial charge on any atom is 0.179 e. The number of likely N-dealkylation sites (N-methyl/N-ethyl adjacent to an activating group) is 1. The summed E-state index contributed by atoms with van der Waals surface area (Å²) in [5.41, 5.74) is 2.10. The van der Waals surface area contributed by atoms with Crippen LogP contribution in [-0.4, -0.2) is 18.9 Å². The van der Waals surface area contributed by atoms with E-state index in [1.807, 2.05) is 26.1 Å². The van der Waals surface area contributed by atoms with Crippen molar-refractivity contribution in [3.05, 3.63) is 35.4 Å². The third kappa shape index (κ3) is 3.97. The molecule has 0 aliphatic heterocycles. The molecule has 0 aliphatic carbocycles. The molecule has 0 aliphatic rings. The molecule has 2 heteroatoms. The molecule has 1 aromatic carbocycles. The maximum absolute atomic E-state index is 12.1. The summed E-state index contributed by atoms with van der Waals surface area (Å²) in [6.07, 6.45) is 1.89. The van der Waals surface area contributed by atoms with Crippen molar-refractivity contribution >= 4 is 5.78 Å². The van der Waals surface area contributed by atoms with Crippen LogP contribution in [0.5, 0.6) is 0 Å². The highest BCUT2D eigenvalue weighted by molar-refractivity contribution is 6.00. The number of nitrogens with one attached hydrogen (secondary N) is 1. The highest BCUT2D eigenvalue weighted by Crippen LogP contribution is 2.12. The molecule has 0 saturated carbocycles. The van der Waals surface area contributed by atoms with E-state index >= 15 is 0 Å². The Bertz CT molecular complexity index is 350. The monoisotopic (exact) mass is 233 g/mol. The number of rotatable bonds is 6. The van der Waals surface area contributed by atoms with Gasteiger partial charge in [-0.05, 0) is 31.4 Å². The molecule has 1 unspecified atom stereocenters. The summed E-state index contributed by atoms with van der Waals surface area (Å²) in [5, 5.41) is 3.05. The fourth-order valence-corrected chi connectivity index (χ4v) is 2.00. The molecule has 94 valence electrons. The molecule has 0 radical (unpaired) electrons. The summed E-state index contributed by atoms with van der Waals surface area (Å²) in [4.78, 5) is 12.1. The second-order valence-electron chi connectivity index (χ2n) is 4.91. The van der Waals surface area contributed by atoms with E-state index in [1.165, 1.54) is 5.56 Å². The largest absolute Gasteiger partial charge is 0.310 e. The molecular formula is C15H23NO. The predicted octanol–water partition coefficient (Wildman–Crippen LogP) is 3.07. The minimum atomic E-state index is -0.0639. The topological polar surface area (TPSA) is 29.1 Å². The Balaban J connectivity index is 2.76. The average Bonchev–Trinajstić information content (AvgIpc) is 2.30. The molecule has 0 bridgehead atoms. The SMILES string of the molecule is CCC(NC)C(=O)c1ccc(CC(C)C)cc1. The summed E-state index contributed by atoms with van der Waals surface area (Å²) in [6.45, 7) is 6.42. The standard InChI is InChI=1S/C15H23NO/c1-5-14(16-4)15(17)13-8-6-12(7-9-13)10-11(2)3/h6-9,11,14,16H,5,10H2,1-4H3. The minimum absolute atomic E-state index is 0.0639. The van der Waals surface area contributed by atoms with E-state index in [2.05, 4.69) is 31.3 Å². The van der Waals surface area contributed by atoms with E-state index in [-0.39, 0.29) is 11.8 Å². The predicted molar refractivity (Wildman–Crippen MR) is 72.5 cm³/mol. The van der Waals surface area contributed by atoms with Crippen LogP contribution < -0.4 is 5.32 Å². The smallest absolute Gasteiger partial charge is 0.179 e. The van der Waals surface area contributed by atoms with Gasteiger partial charge in [0.15, 0.2) is 5.78 Å². The molecule has 1 N–H and O–H groups in total. The van der Waals surface area contributed by atoms with Crippen molar-refractivity contribution in [1.82, 2.24) is 5.32 Å². The van der Waals surface area contributed by atoms with Gasteiger partial charge in [-0.1, -0.05) is 45.0 Å². The lowest BCUT2D eigenvalue weighted by Gasteiger charge is -2.13. The Morgan fingerprint density at radius 3 is 2.24 bits per heavy atom. The first-order valence-corrected chi connectivity index (χ1v) is 6.38. The second kappa shape index (κ2) is 6.55. The van der Waals surface area contributed by atoms with Crippen LogP contribution in [0.4, 0.5) is 0 Å². The second-order valence-corrected chi connectivity index (χ2v) is 4.91. The maximum atomic E-state index is 12.1. The van der Waals surface area contributed by atoms with Gasteiger partial charge in [-0.15, -0.1) is 0 Å². The summed E-state index contributed by atoms with van der Waals surface area (Å²) >= 11 is 0. The molecule has 0 fully saturated rings. The van der Waals surface area contributed by atoms with Crippen molar-refractivity contribution in [2.75, 3.05) is 7.05 Å². The minimum Gasteiger partial charge on any atom is -0.310 e. The van der Waals surface area contributed by atoms with Crippen LogP contribution in [0.1, 0.15) is 43.1 Å². The van der Waals surface area contributed by atoms with Gasteiger partial charge in [0.2, 0.25) is 0 Å². The number of Topliss-reactive ketones (excluding diaryl/α,β-unsaturated/α-hetero) is 1. The van der Waals surface area contributed by atoms with Gasteiger partial charge in [-0.3, -0.25) is 4.79 Å². The van der Waals surface area contributed by atoms with Crippen LogP contribution in [0.25, 0.3) is 0 Å². The van der Waals surface area contributed by atoms with E-state index in [9.17, 15) is 4.79 Å². The number of carbonyl (C=O) groups excluding carboxylic acids is 1. The fourth-order valence-electron chi connectivity index (χ4n) is 2.00. The Morgan fingerprint density at radius 1 is 1.24 bits per heavy atom. The molecule has 17 heavy (non-hydrogen) atoms. The average molecular weight is 233 g/mol. The first-order chi connectivity index (χ1) is 8.08. The van der Waals surface area contributed by atoms with Crippen molar-refractivity contribution in [3.8, 4) is 0 Å². The van der Waals surface area contributed by atoms with Crippen LogP contribution in [0.15, 0.2) is 24.3 Å². The van der Waals surface area contributed by atoms with Gasteiger partial charge in [0.05, 0.1) is 6.04 Å². The van der Waals surface area contributed by atoms with Gasteiger partial charge in [-0.25, -0.2) is 0 Å². The normalized spacial score (nSPS) is 12.8. The van der Waals surface area contributed by atoms with Crippen LogP contribution in [-0.2, 0) is 6.42 Å². The van der Waals surface area contributed by atoms with E-state index in [0.29, 0.717) is 5.92 Å². The Labute approximate surface area is 104 Å². The molecule has 1 atom stereocenters. The van der Waals surface area contributed by atoms with Crippen LogP contribution in [0.3, 0.4) is 0 Å². The van der Waals surface area contributed by atoms with Crippen molar-refractivity contribution in [1.29, 1.82) is 0 Å². The van der Waals surface area contributed by atoms with Gasteiger partial charge in [-0.2, -0.15) is 0 Å². The van der Waals surface area contributed by atoms with Gasteiger partial charge in [0, 0.05) is 5.56 Å². The first-order valence-electron chi connectivity index (χ1n) is 6.38. The number of carbonyl (C=O) groups is 1. The zero-order valence-electron chi connectivity index (χ0n) is 11.3. The van der Waals surface area contributed by atoms with Gasteiger partial charge in [0.25, 0.3) is 0 Å². The van der Waals surface area contributed by atoms with Crippen LogP contribution in [0.2, 0.25) is 0 Å². The lowest BCUT2D eigenvalue weighted by Crippen LogP contribution is -2.33. The van der Waals surface area contributed by atoms with Crippen molar-refractivity contribution < 1.29 is 4.79 Å². The summed E-state index contributed by atoms with van der Waals surface area (Å²) < 4.78 is 0. The zero-order valence-corrected chi connectivity index (χ0v) is 11.3. The molecule has 0 saturated heterocycles. The van der Waals surface area contributed by atoms with Gasteiger partial charge < -0.3 is 5.32 Å². The molecule has 0 heterocycles. The molecule has 0 spiro atoms. The molecule has 2 nitrogen and oxygen atoms in total. The Morgan fingerprint density at radius 2 is 1.82 bits per heavy atom. The summed E-state index contributed by atoms with van der Waals surface area (Å²) in [5.74, 6) is 0.836. The molecular weight excluding hydrogens is 210 g/mol. The summed E-state index contributed by atoms with van der Waals surface area (Å²) in [7, 11) is 1.83. The van der Waals surface area contributed by atoms with Crippen LogP contribution in [0, 0.1) is 5.92 Å². The first kappa shape index (κ1) is 13.9. The van der Waals surface area contributed by atoms with E-state index in [4.69, 9.17) is 0 Å². The third-order valence-electron chi connectivity index (χ3n) is 2.96. The van der Waals surface area contributed by atoms with Crippen molar-refractivity contribution in [2.45, 2.75) is 39.7 Å². The van der Waals surface area contributed by atoms with Gasteiger partial charge in [0.1, 0.15) is 0 Å². The van der Waals surface area contributed by atoms with E-state index in [0.717, 1.165) is 18.4 Å². The highest BCUT2D eigenvalue weighted by atomic mass is 16.1. The number of hydrogen-bond donors (Lipinski definition) is 1. The van der Waals surface area contributed by atoms with Crippen molar-refractivity contribution in [2.24, 2.45) is 5.92 Å². The lowest BCUT2D eigenvalue weighted by molar-refractivity contribution is 0.0945. The molecule has 1 rings (SSSR count). The molecule has 1 aromatic rings.